The Bertz CT molecular complexity index is 593. The highest BCUT2D eigenvalue weighted by Gasteiger charge is 2.22. The molecule has 1 fully saturated rings. The number of ether oxygens (including phenoxy) is 1. The summed E-state index contributed by atoms with van der Waals surface area (Å²) in [5, 5.41) is 3.28. The zero-order valence-corrected chi connectivity index (χ0v) is 9.69. The summed E-state index contributed by atoms with van der Waals surface area (Å²) in [7, 11) is 1.63. The zero-order chi connectivity index (χ0) is 11.8. The normalized spacial score (nSPS) is 19.9. The van der Waals surface area contributed by atoms with Gasteiger partial charge in [-0.15, -0.1) is 0 Å². The smallest absolute Gasteiger partial charge is 0.326 e. The van der Waals surface area contributed by atoms with Crippen LogP contribution < -0.4 is 15.7 Å². The summed E-state index contributed by atoms with van der Waals surface area (Å²) in [6.45, 7) is 1.80. The molecule has 3 rings (SSSR count). The number of aromatic amines is 1. The van der Waals surface area contributed by atoms with Crippen LogP contribution in [0.25, 0.3) is 11.0 Å². The first-order valence-corrected chi connectivity index (χ1v) is 5.79. The largest absolute Gasteiger partial charge is 0.494 e. The van der Waals surface area contributed by atoms with Crippen LogP contribution in [0.2, 0.25) is 0 Å². The quantitative estimate of drug-likeness (QED) is 0.809. The van der Waals surface area contributed by atoms with Gasteiger partial charge in [0, 0.05) is 6.54 Å². The minimum Gasteiger partial charge on any atom is -0.494 e. The molecule has 1 aromatic heterocycles. The number of H-pyrrole nitrogens is 1. The van der Waals surface area contributed by atoms with E-state index < -0.39 is 0 Å². The summed E-state index contributed by atoms with van der Waals surface area (Å²) >= 11 is 0. The molecule has 5 nitrogen and oxygen atoms in total. The maximum absolute atomic E-state index is 12.0. The zero-order valence-electron chi connectivity index (χ0n) is 9.69. The molecule has 0 spiro atoms. The van der Waals surface area contributed by atoms with E-state index in [4.69, 9.17) is 4.74 Å². The summed E-state index contributed by atoms with van der Waals surface area (Å²) in [5.41, 5.74) is 1.65. The van der Waals surface area contributed by atoms with Crippen molar-refractivity contribution in [3.8, 4) is 5.75 Å². The molecule has 2 heterocycles. The molecule has 0 amide bonds. The lowest BCUT2D eigenvalue weighted by Crippen LogP contribution is -2.24. The number of nitrogens with zero attached hydrogens (tertiary/aromatic N) is 1. The van der Waals surface area contributed by atoms with Crippen molar-refractivity contribution in [1.29, 1.82) is 0 Å². The monoisotopic (exact) mass is 233 g/mol. The van der Waals surface area contributed by atoms with Crippen LogP contribution in [0.5, 0.6) is 5.75 Å². The number of methoxy groups -OCH3 is 1. The maximum atomic E-state index is 12.0. The highest BCUT2D eigenvalue weighted by molar-refractivity contribution is 5.82. The SMILES string of the molecule is COc1cccc2[nH]c(=O)n(C3CCNC3)c12. The molecule has 1 aliphatic heterocycles. The van der Waals surface area contributed by atoms with Crippen LogP contribution in [-0.2, 0) is 0 Å². The molecule has 2 N–H and O–H groups in total. The van der Waals surface area contributed by atoms with Gasteiger partial charge in [0.2, 0.25) is 0 Å². The Labute approximate surface area is 98.4 Å². The van der Waals surface area contributed by atoms with Crippen LogP contribution in [0.4, 0.5) is 0 Å². The van der Waals surface area contributed by atoms with Gasteiger partial charge in [0.25, 0.3) is 0 Å². The Balaban J connectivity index is 2.28. The lowest BCUT2D eigenvalue weighted by Gasteiger charge is -2.12. The number of para-hydroxylation sites is 1. The molecule has 1 aromatic carbocycles. The molecule has 1 aliphatic rings. The topological polar surface area (TPSA) is 59.1 Å². The van der Waals surface area contributed by atoms with Crippen LogP contribution in [0, 0.1) is 0 Å². The molecule has 0 saturated carbocycles. The molecule has 1 unspecified atom stereocenters. The van der Waals surface area contributed by atoms with Crippen molar-refractivity contribution in [2.24, 2.45) is 0 Å². The number of benzene rings is 1. The van der Waals surface area contributed by atoms with Crippen LogP contribution in [0.3, 0.4) is 0 Å². The maximum Gasteiger partial charge on any atom is 0.326 e. The Kier molecular flexibility index (Phi) is 2.40. The van der Waals surface area contributed by atoms with Crippen molar-refractivity contribution in [3.05, 3.63) is 28.7 Å². The minimum atomic E-state index is -0.0572. The Hall–Kier alpha value is -1.75. The molecule has 0 aliphatic carbocycles. The van der Waals surface area contributed by atoms with Crippen molar-refractivity contribution in [2.45, 2.75) is 12.5 Å². The summed E-state index contributed by atoms with van der Waals surface area (Å²) in [5.74, 6) is 0.743. The van der Waals surface area contributed by atoms with E-state index in [0.717, 1.165) is 36.3 Å². The molecule has 2 aromatic rings. The van der Waals surface area contributed by atoms with Gasteiger partial charge in [-0.3, -0.25) is 4.57 Å². The fourth-order valence-corrected chi connectivity index (χ4v) is 2.52. The first-order valence-electron chi connectivity index (χ1n) is 5.79. The summed E-state index contributed by atoms with van der Waals surface area (Å²) in [6, 6.07) is 5.88. The van der Waals surface area contributed by atoms with E-state index in [1.807, 2.05) is 22.8 Å². The van der Waals surface area contributed by atoms with Gasteiger partial charge in [-0.2, -0.15) is 0 Å². The van der Waals surface area contributed by atoms with Crippen LogP contribution in [0.15, 0.2) is 23.0 Å². The number of hydrogen-bond acceptors (Lipinski definition) is 3. The van der Waals surface area contributed by atoms with Crippen molar-refractivity contribution in [2.75, 3.05) is 20.2 Å². The highest BCUT2D eigenvalue weighted by atomic mass is 16.5. The van der Waals surface area contributed by atoms with Gasteiger partial charge in [0.15, 0.2) is 0 Å². The van der Waals surface area contributed by atoms with Gasteiger partial charge < -0.3 is 15.0 Å². The Morgan fingerprint density at radius 1 is 1.47 bits per heavy atom. The molecule has 90 valence electrons. The first kappa shape index (κ1) is 10.4. The van der Waals surface area contributed by atoms with E-state index in [0.29, 0.717) is 0 Å². The van der Waals surface area contributed by atoms with Crippen molar-refractivity contribution in [1.82, 2.24) is 14.9 Å². The van der Waals surface area contributed by atoms with Gasteiger partial charge >= 0.3 is 5.69 Å². The number of rotatable bonds is 2. The number of hydrogen-bond donors (Lipinski definition) is 2. The second-order valence-corrected chi connectivity index (χ2v) is 4.30. The second-order valence-electron chi connectivity index (χ2n) is 4.30. The number of nitrogens with one attached hydrogen (secondary N) is 2. The van der Waals surface area contributed by atoms with Crippen molar-refractivity contribution < 1.29 is 4.74 Å². The van der Waals surface area contributed by atoms with Gasteiger partial charge in [0.05, 0.1) is 18.7 Å². The van der Waals surface area contributed by atoms with Crippen LogP contribution >= 0.6 is 0 Å². The molecule has 1 saturated heterocycles. The first-order chi connectivity index (χ1) is 8.31. The summed E-state index contributed by atoms with van der Waals surface area (Å²) in [4.78, 5) is 14.9. The number of fused-ring (bicyclic) bond motifs is 1. The molecular weight excluding hydrogens is 218 g/mol. The summed E-state index contributed by atoms with van der Waals surface area (Å²) in [6.07, 6.45) is 0.977. The van der Waals surface area contributed by atoms with Gasteiger partial charge in [0.1, 0.15) is 11.3 Å². The molecule has 5 heteroatoms. The van der Waals surface area contributed by atoms with E-state index >= 15 is 0 Å². The fourth-order valence-electron chi connectivity index (χ4n) is 2.52. The third-order valence-electron chi connectivity index (χ3n) is 3.32. The molecule has 0 radical (unpaired) electrons. The Morgan fingerprint density at radius 2 is 2.35 bits per heavy atom. The lowest BCUT2D eigenvalue weighted by atomic mass is 10.2. The van der Waals surface area contributed by atoms with Crippen molar-refractivity contribution in [3.63, 3.8) is 0 Å². The van der Waals surface area contributed by atoms with E-state index in [-0.39, 0.29) is 11.7 Å². The lowest BCUT2D eigenvalue weighted by molar-refractivity contribution is 0.414. The standard InChI is InChI=1S/C12H15N3O2/c1-17-10-4-2-3-9-11(10)15(12(16)14-9)8-5-6-13-7-8/h2-4,8,13H,5-7H2,1H3,(H,14,16). The van der Waals surface area contributed by atoms with E-state index in [9.17, 15) is 4.79 Å². The van der Waals surface area contributed by atoms with E-state index in [1.165, 1.54) is 0 Å². The minimum absolute atomic E-state index is 0.0572. The third-order valence-corrected chi connectivity index (χ3v) is 3.32. The fraction of sp³-hybridized carbons (Fsp3) is 0.417. The molecular formula is C12H15N3O2. The van der Waals surface area contributed by atoms with Crippen LogP contribution in [-0.4, -0.2) is 29.8 Å². The van der Waals surface area contributed by atoms with Gasteiger partial charge in [-0.25, -0.2) is 4.79 Å². The molecule has 1 atom stereocenters. The number of imidazole rings is 1. The van der Waals surface area contributed by atoms with E-state index in [1.54, 1.807) is 7.11 Å². The highest BCUT2D eigenvalue weighted by Crippen LogP contribution is 2.27. The van der Waals surface area contributed by atoms with Crippen molar-refractivity contribution >= 4 is 11.0 Å². The Morgan fingerprint density at radius 3 is 3.06 bits per heavy atom. The average Bonchev–Trinajstić information content (AvgIpc) is 2.93. The third kappa shape index (κ3) is 1.54. The predicted molar refractivity (Wildman–Crippen MR) is 65.6 cm³/mol. The van der Waals surface area contributed by atoms with Gasteiger partial charge in [-0.1, -0.05) is 6.07 Å². The summed E-state index contributed by atoms with van der Waals surface area (Å²) < 4.78 is 7.15. The van der Waals surface area contributed by atoms with Crippen LogP contribution in [0.1, 0.15) is 12.5 Å². The molecule has 0 bridgehead atoms. The predicted octanol–water partition coefficient (Wildman–Crippen LogP) is 0.873. The average molecular weight is 233 g/mol. The number of aromatic nitrogens is 2. The van der Waals surface area contributed by atoms with Gasteiger partial charge in [-0.05, 0) is 25.1 Å². The second kappa shape index (κ2) is 3.92. The van der Waals surface area contributed by atoms with E-state index in [2.05, 4.69) is 10.3 Å². The molecule has 17 heavy (non-hydrogen) atoms.